The number of para-hydroxylation sites is 1. The van der Waals surface area contributed by atoms with Gasteiger partial charge in [-0.05, 0) is 31.2 Å². The van der Waals surface area contributed by atoms with Gasteiger partial charge in [0.25, 0.3) is 0 Å². The van der Waals surface area contributed by atoms with Crippen molar-refractivity contribution in [3.63, 3.8) is 0 Å². The molecule has 0 spiro atoms. The van der Waals surface area contributed by atoms with E-state index in [2.05, 4.69) is 4.99 Å². The third-order valence-electron chi connectivity index (χ3n) is 4.00. The molecule has 1 heterocycles. The maximum absolute atomic E-state index is 12.5. The van der Waals surface area contributed by atoms with Crippen LogP contribution >= 0.6 is 11.8 Å². The maximum atomic E-state index is 12.5. The fraction of sp³-hybridized carbons (Fsp3) is 0.250. The Labute approximate surface area is 161 Å². The van der Waals surface area contributed by atoms with Crippen molar-refractivity contribution < 1.29 is 19.4 Å². The second-order valence-electron chi connectivity index (χ2n) is 6.09. The predicted octanol–water partition coefficient (Wildman–Crippen LogP) is 3.48. The first-order chi connectivity index (χ1) is 13.0. The van der Waals surface area contributed by atoms with Crippen LogP contribution in [0.4, 0.5) is 5.69 Å². The molecule has 7 heteroatoms. The first-order valence-corrected chi connectivity index (χ1v) is 9.44. The molecule has 1 aliphatic heterocycles. The standard InChI is InChI=1S/C20H20N2O4S/c1-14-7-9-16(10-8-14)26-12-11-22-18(23)13-17(19(24)25)27-20(22)21-15-5-3-2-4-6-15/h2-10,17H,11-13H2,1H3,(H,24,25)/t17-/m0/s1. The molecule has 1 saturated heterocycles. The van der Waals surface area contributed by atoms with E-state index in [-0.39, 0.29) is 12.3 Å². The number of hydrogen-bond acceptors (Lipinski definition) is 5. The highest BCUT2D eigenvalue weighted by molar-refractivity contribution is 8.15. The molecule has 0 aliphatic carbocycles. The van der Waals surface area contributed by atoms with Crippen molar-refractivity contribution in [1.29, 1.82) is 0 Å². The number of nitrogens with zero attached hydrogens (tertiary/aromatic N) is 2. The largest absolute Gasteiger partial charge is 0.492 e. The van der Waals surface area contributed by atoms with E-state index in [0.717, 1.165) is 23.1 Å². The van der Waals surface area contributed by atoms with Gasteiger partial charge in [-0.1, -0.05) is 47.7 Å². The molecule has 2 aromatic rings. The lowest BCUT2D eigenvalue weighted by Crippen LogP contribution is -2.45. The van der Waals surface area contributed by atoms with E-state index in [1.807, 2.05) is 61.5 Å². The van der Waals surface area contributed by atoms with Gasteiger partial charge in [-0.2, -0.15) is 0 Å². The monoisotopic (exact) mass is 384 g/mol. The number of carboxylic acids is 1. The number of carbonyl (C=O) groups excluding carboxylic acids is 1. The molecule has 3 rings (SSSR count). The smallest absolute Gasteiger partial charge is 0.317 e. The van der Waals surface area contributed by atoms with E-state index >= 15 is 0 Å². The second kappa shape index (κ2) is 8.73. The third-order valence-corrected chi connectivity index (χ3v) is 5.18. The molecular weight excluding hydrogens is 364 g/mol. The summed E-state index contributed by atoms with van der Waals surface area (Å²) in [6.07, 6.45) is -0.0572. The Bertz CT molecular complexity index is 837. The van der Waals surface area contributed by atoms with Crippen molar-refractivity contribution in [1.82, 2.24) is 4.90 Å². The SMILES string of the molecule is Cc1ccc(OCCN2C(=O)C[C@@H](C(=O)O)SC2=Nc2ccccc2)cc1. The fourth-order valence-corrected chi connectivity index (χ4v) is 3.61. The predicted molar refractivity (Wildman–Crippen MR) is 106 cm³/mol. The lowest BCUT2D eigenvalue weighted by molar-refractivity contribution is -0.139. The van der Waals surface area contributed by atoms with Crippen molar-refractivity contribution in [3.8, 4) is 5.75 Å². The van der Waals surface area contributed by atoms with Gasteiger partial charge < -0.3 is 9.84 Å². The summed E-state index contributed by atoms with van der Waals surface area (Å²) in [4.78, 5) is 29.9. The first kappa shape index (κ1) is 19.0. The van der Waals surface area contributed by atoms with Crippen molar-refractivity contribution in [2.24, 2.45) is 4.99 Å². The summed E-state index contributed by atoms with van der Waals surface area (Å²) in [6, 6.07) is 16.8. The Morgan fingerprint density at radius 1 is 1.22 bits per heavy atom. The lowest BCUT2D eigenvalue weighted by atomic mass is 10.2. The van der Waals surface area contributed by atoms with Gasteiger partial charge in [0.1, 0.15) is 17.6 Å². The van der Waals surface area contributed by atoms with Gasteiger partial charge >= 0.3 is 5.97 Å². The van der Waals surface area contributed by atoms with Crippen LogP contribution in [0.1, 0.15) is 12.0 Å². The van der Waals surface area contributed by atoms with Gasteiger partial charge in [-0.25, -0.2) is 4.99 Å². The summed E-state index contributed by atoms with van der Waals surface area (Å²) in [7, 11) is 0. The molecule has 0 saturated carbocycles. The number of hydrogen-bond donors (Lipinski definition) is 1. The number of thioether (sulfide) groups is 1. The van der Waals surface area contributed by atoms with Crippen LogP contribution in [0.25, 0.3) is 0 Å². The van der Waals surface area contributed by atoms with Crippen LogP contribution in [0.2, 0.25) is 0 Å². The molecule has 1 fully saturated rings. The van der Waals surface area contributed by atoms with Crippen LogP contribution in [0.15, 0.2) is 59.6 Å². The normalized spacial score (nSPS) is 18.6. The quantitative estimate of drug-likeness (QED) is 0.825. The average molecular weight is 384 g/mol. The highest BCUT2D eigenvalue weighted by atomic mass is 32.2. The van der Waals surface area contributed by atoms with Gasteiger partial charge in [-0.3, -0.25) is 14.5 Å². The summed E-state index contributed by atoms with van der Waals surface area (Å²) in [5.74, 6) is -0.546. The zero-order chi connectivity index (χ0) is 19.2. The third kappa shape index (κ3) is 5.10. The molecule has 6 nitrogen and oxygen atoms in total. The van der Waals surface area contributed by atoms with Crippen molar-refractivity contribution >= 4 is 34.5 Å². The summed E-state index contributed by atoms with van der Waals surface area (Å²) in [5, 5.41) is 8.86. The Morgan fingerprint density at radius 3 is 2.59 bits per heavy atom. The topological polar surface area (TPSA) is 79.2 Å². The van der Waals surface area contributed by atoms with E-state index in [1.54, 1.807) is 0 Å². The number of benzene rings is 2. The number of aryl methyl sites for hydroxylation is 1. The molecule has 0 bridgehead atoms. The van der Waals surface area contributed by atoms with E-state index in [4.69, 9.17) is 4.74 Å². The van der Waals surface area contributed by atoms with E-state index in [9.17, 15) is 14.7 Å². The minimum absolute atomic E-state index is 0.0572. The van der Waals surface area contributed by atoms with E-state index < -0.39 is 11.2 Å². The molecule has 1 amide bonds. The van der Waals surface area contributed by atoms with Crippen LogP contribution in [0.3, 0.4) is 0 Å². The summed E-state index contributed by atoms with van der Waals surface area (Å²) >= 11 is 1.09. The minimum atomic E-state index is -1.01. The number of aliphatic carboxylic acids is 1. The number of aliphatic imine (C=N–C) groups is 1. The zero-order valence-electron chi connectivity index (χ0n) is 14.9. The highest BCUT2D eigenvalue weighted by Crippen LogP contribution is 2.29. The van der Waals surface area contributed by atoms with Gasteiger partial charge in [0.05, 0.1) is 18.7 Å². The van der Waals surface area contributed by atoms with Gasteiger partial charge in [-0.15, -0.1) is 0 Å². The number of amidine groups is 1. The molecule has 140 valence electrons. The van der Waals surface area contributed by atoms with Crippen LogP contribution in [-0.2, 0) is 9.59 Å². The van der Waals surface area contributed by atoms with Crippen LogP contribution in [0.5, 0.6) is 5.75 Å². The Morgan fingerprint density at radius 2 is 1.93 bits per heavy atom. The molecule has 0 aromatic heterocycles. The Hall–Kier alpha value is -2.80. The fourth-order valence-electron chi connectivity index (χ4n) is 2.56. The van der Waals surface area contributed by atoms with Gasteiger partial charge in [0.2, 0.25) is 5.91 Å². The number of ether oxygens (including phenoxy) is 1. The minimum Gasteiger partial charge on any atom is -0.492 e. The summed E-state index contributed by atoms with van der Waals surface area (Å²) in [6.45, 7) is 2.59. The van der Waals surface area contributed by atoms with Crippen LogP contribution < -0.4 is 4.74 Å². The molecule has 1 N–H and O–H groups in total. The van der Waals surface area contributed by atoms with Crippen molar-refractivity contribution in [2.75, 3.05) is 13.2 Å². The van der Waals surface area contributed by atoms with Crippen LogP contribution in [0, 0.1) is 6.92 Å². The molecular formula is C20H20N2O4S. The van der Waals surface area contributed by atoms with Crippen LogP contribution in [-0.4, -0.2) is 45.5 Å². The molecule has 2 aromatic carbocycles. The number of carbonyl (C=O) groups is 2. The zero-order valence-corrected chi connectivity index (χ0v) is 15.7. The first-order valence-electron chi connectivity index (χ1n) is 8.56. The number of rotatable bonds is 6. The van der Waals surface area contributed by atoms with Gasteiger partial charge in [0.15, 0.2) is 5.17 Å². The Kier molecular flexibility index (Phi) is 6.13. The molecule has 1 aliphatic rings. The summed E-state index contributed by atoms with van der Waals surface area (Å²) in [5.41, 5.74) is 1.81. The number of carboxylic acid groups (broad SMARTS) is 1. The maximum Gasteiger partial charge on any atom is 0.317 e. The van der Waals surface area contributed by atoms with Gasteiger partial charge in [0, 0.05) is 0 Å². The highest BCUT2D eigenvalue weighted by Gasteiger charge is 2.35. The molecule has 27 heavy (non-hydrogen) atoms. The number of amides is 1. The second-order valence-corrected chi connectivity index (χ2v) is 7.26. The molecule has 0 radical (unpaired) electrons. The Balaban J connectivity index is 1.73. The average Bonchev–Trinajstić information content (AvgIpc) is 2.66. The lowest BCUT2D eigenvalue weighted by Gasteiger charge is -2.30. The van der Waals surface area contributed by atoms with Crippen molar-refractivity contribution in [2.45, 2.75) is 18.6 Å². The molecule has 1 atom stereocenters. The summed E-state index contributed by atoms with van der Waals surface area (Å²) < 4.78 is 5.71. The van der Waals surface area contributed by atoms with E-state index in [0.29, 0.717) is 24.0 Å². The molecule has 0 unspecified atom stereocenters. The van der Waals surface area contributed by atoms with E-state index in [1.165, 1.54) is 4.90 Å². The van der Waals surface area contributed by atoms with Crippen molar-refractivity contribution in [3.05, 3.63) is 60.2 Å².